The number of hydrogen-bond acceptors (Lipinski definition) is 4. The van der Waals surface area contributed by atoms with Gasteiger partial charge in [-0.25, -0.2) is 0 Å². The Morgan fingerprint density at radius 1 is 0.814 bits per heavy atom. The van der Waals surface area contributed by atoms with Gasteiger partial charge in [-0.2, -0.15) is 0 Å². The quantitative estimate of drug-likeness (QED) is 0.161. The van der Waals surface area contributed by atoms with Crippen molar-refractivity contribution in [2.45, 2.75) is 70.9 Å². The van der Waals surface area contributed by atoms with E-state index in [1.54, 1.807) is 0 Å². The summed E-state index contributed by atoms with van der Waals surface area (Å²) in [6, 6.07) is 27.1. The maximum Gasteiger partial charge on any atom is 0.307 e. The van der Waals surface area contributed by atoms with E-state index in [1.165, 1.54) is 5.56 Å². The lowest BCUT2D eigenvalue weighted by molar-refractivity contribution is -0.157. The second kappa shape index (κ2) is 15.2. The molecule has 3 N–H and O–H groups in total. The van der Waals surface area contributed by atoms with Gasteiger partial charge in [-0.1, -0.05) is 78.9 Å². The van der Waals surface area contributed by atoms with Crippen molar-refractivity contribution in [3.8, 4) is 0 Å². The zero-order valence-electron chi connectivity index (χ0n) is 25.4. The van der Waals surface area contributed by atoms with Gasteiger partial charge in [0.1, 0.15) is 11.6 Å². The number of esters is 1. The van der Waals surface area contributed by atoms with E-state index >= 15 is 0 Å². The third-order valence-electron chi connectivity index (χ3n) is 7.35. The minimum absolute atomic E-state index is 0.0483. The van der Waals surface area contributed by atoms with Gasteiger partial charge in [0, 0.05) is 36.0 Å². The van der Waals surface area contributed by atoms with Gasteiger partial charge in [0.25, 0.3) is 0 Å². The van der Waals surface area contributed by atoms with Crippen molar-refractivity contribution in [2.24, 2.45) is 5.92 Å². The Balaban J connectivity index is 1.49. The van der Waals surface area contributed by atoms with Crippen molar-refractivity contribution >= 4 is 28.7 Å². The van der Waals surface area contributed by atoms with E-state index in [1.807, 2.05) is 99.8 Å². The average Bonchev–Trinajstić information content (AvgIpc) is 3.39. The van der Waals surface area contributed by atoms with Gasteiger partial charge >= 0.3 is 5.97 Å². The SMILES string of the molecule is CC(C)(C)OC(=O)C[C@@H](CCCc1ccccc1)C(=O)N[C@@H](Cc1c[nH]c2ccccc12)C(=O)NCCc1ccccc1. The summed E-state index contributed by atoms with van der Waals surface area (Å²) in [6.45, 7) is 5.88. The van der Waals surface area contributed by atoms with Crippen LogP contribution in [0.4, 0.5) is 0 Å². The molecular weight excluding hydrogens is 538 g/mol. The molecule has 4 aromatic rings. The third kappa shape index (κ3) is 10.1. The molecule has 7 nitrogen and oxygen atoms in total. The summed E-state index contributed by atoms with van der Waals surface area (Å²) in [5.41, 5.74) is 3.55. The second-order valence-electron chi connectivity index (χ2n) is 12.0. The van der Waals surface area contributed by atoms with E-state index in [0.717, 1.165) is 34.9 Å². The maximum atomic E-state index is 13.8. The van der Waals surface area contributed by atoms with Crippen LogP contribution in [0.25, 0.3) is 10.9 Å². The number of aryl methyl sites for hydroxylation is 1. The summed E-state index contributed by atoms with van der Waals surface area (Å²) in [5.74, 6) is -1.62. The largest absolute Gasteiger partial charge is 0.460 e. The maximum absolute atomic E-state index is 13.8. The number of hydrogen-bond donors (Lipinski definition) is 3. The monoisotopic (exact) mass is 581 g/mol. The molecule has 0 radical (unpaired) electrons. The second-order valence-corrected chi connectivity index (χ2v) is 12.0. The number of ether oxygens (including phenoxy) is 1. The Labute approximate surface area is 254 Å². The number of rotatable bonds is 14. The minimum atomic E-state index is -0.808. The molecule has 3 aromatic carbocycles. The topological polar surface area (TPSA) is 100 Å². The molecule has 7 heteroatoms. The summed E-state index contributed by atoms with van der Waals surface area (Å²) in [7, 11) is 0. The molecule has 1 heterocycles. The standard InChI is InChI=1S/C36H43N3O4/c1-36(2,3)43-33(40)24-28(18-12-17-26-13-6-4-7-14-26)34(41)39-32(23-29-25-38-31-20-11-10-19-30(29)31)35(42)37-22-21-27-15-8-5-9-16-27/h4-11,13-16,19-20,25,28,32,38H,12,17-18,21-24H2,1-3H3,(H,37,42)(H,39,41)/t28-,32+/m1/s1. The first-order valence-corrected chi connectivity index (χ1v) is 15.1. The van der Waals surface area contributed by atoms with E-state index in [0.29, 0.717) is 25.8 Å². The van der Waals surface area contributed by atoms with E-state index < -0.39 is 23.5 Å². The first-order valence-electron chi connectivity index (χ1n) is 15.1. The molecule has 4 rings (SSSR count). The van der Waals surface area contributed by atoms with Crippen LogP contribution in [0.15, 0.2) is 91.1 Å². The Kier molecular flexibility index (Phi) is 11.1. The zero-order valence-corrected chi connectivity index (χ0v) is 25.4. The Morgan fingerprint density at radius 2 is 1.44 bits per heavy atom. The highest BCUT2D eigenvalue weighted by Crippen LogP contribution is 2.21. The van der Waals surface area contributed by atoms with E-state index in [4.69, 9.17) is 4.74 Å². The number of amides is 2. The minimum Gasteiger partial charge on any atom is -0.460 e. The van der Waals surface area contributed by atoms with Gasteiger partial charge in [0.15, 0.2) is 0 Å². The van der Waals surface area contributed by atoms with Crippen LogP contribution in [0.2, 0.25) is 0 Å². The number of H-pyrrole nitrogens is 1. The molecular formula is C36H43N3O4. The molecule has 0 aliphatic carbocycles. The molecule has 0 bridgehead atoms. The number of para-hydroxylation sites is 1. The van der Waals surface area contributed by atoms with E-state index in [-0.39, 0.29) is 18.2 Å². The predicted molar refractivity (Wildman–Crippen MR) is 170 cm³/mol. The molecule has 0 saturated heterocycles. The van der Waals surface area contributed by atoms with Crippen molar-refractivity contribution in [3.63, 3.8) is 0 Å². The number of carbonyl (C=O) groups excluding carboxylic acids is 3. The molecule has 0 saturated carbocycles. The highest BCUT2D eigenvalue weighted by Gasteiger charge is 2.29. The fourth-order valence-corrected chi connectivity index (χ4v) is 5.22. The number of aromatic nitrogens is 1. The first-order chi connectivity index (χ1) is 20.7. The van der Waals surface area contributed by atoms with Crippen molar-refractivity contribution in [3.05, 3.63) is 108 Å². The third-order valence-corrected chi connectivity index (χ3v) is 7.35. The van der Waals surface area contributed by atoms with Crippen LogP contribution in [0.1, 0.15) is 56.7 Å². The molecule has 226 valence electrons. The van der Waals surface area contributed by atoms with Crippen LogP contribution >= 0.6 is 0 Å². The number of benzene rings is 3. The van der Waals surface area contributed by atoms with Gasteiger partial charge < -0.3 is 20.4 Å². The molecule has 2 amide bonds. The van der Waals surface area contributed by atoms with Gasteiger partial charge in [0.2, 0.25) is 11.8 Å². The molecule has 2 atom stereocenters. The van der Waals surface area contributed by atoms with Crippen molar-refractivity contribution in [1.82, 2.24) is 15.6 Å². The lowest BCUT2D eigenvalue weighted by Crippen LogP contribution is -2.50. The van der Waals surface area contributed by atoms with Crippen LogP contribution in [0, 0.1) is 5.92 Å². The lowest BCUT2D eigenvalue weighted by atomic mass is 9.94. The molecule has 0 fully saturated rings. The summed E-state index contributed by atoms with van der Waals surface area (Å²) < 4.78 is 5.56. The van der Waals surface area contributed by atoms with Crippen molar-refractivity contribution < 1.29 is 19.1 Å². The van der Waals surface area contributed by atoms with Crippen LogP contribution < -0.4 is 10.6 Å². The van der Waals surface area contributed by atoms with Gasteiger partial charge in [-0.05, 0) is 69.2 Å². The molecule has 0 spiro atoms. The van der Waals surface area contributed by atoms with E-state index in [9.17, 15) is 14.4 Å². The van der Waals surface area contributed by atoms with Gasteiger partial charge in [0.05, 0.1) is 6.42 Å². The number of carbonyl (C=O) groups is 3. The van der Waals surface area contributed by atoms with Gasteiger partial charge in [-0.3, -0.25) is 14.4 Å². The summed E-state index contributed by atoms with van der Waals surface area (Å²) >= 11 is 0. The Hall–Kier alpha value is -4.39. The lowest BCUT2D eigenvalue weighted by Gasteiger charge is -2.24. The molecule has 0 aliphatic heterocycles. The normalized spacial score (nSPS) is 12.8. The molecule has 0 aliphatic rings. The smallest absolute Gasteiger partial charge is 0.307 e. The van der Waals surface area contributed by atoms with Crippen LogP contribution in [0.5, 0.6) is 0 Å². The molecule has 0 unspecified atom stereocenters. The number of aromatic amines is 1. The molecule has 43 heavy (non-hydrogen) atoms. The average molecular weight is 582 g/mol. The van der Waals surface area contributed by atoms with E-state index in [2.05, 4.69) is 27.8 Å². The number of fused-ring (bicyclic) bond motifs is 1. The van der Waals surface area contributed by atoms with Crippen molar-refractivity contribution in [1.29, 1.82) is 0 Å². The number of nitrogens with one attached hydrogen (secondary N) is 3. The van der Waals surface area contributed by atoms with Crippen LogP contribution in [0.3, 0.4) is 0 Å². The molecule has 1 aromatic heterocycles. The fourth-order valence-electron chi connectivity index (χ4n) is 5.22. The summed E-state index contributed by atoms with van der Waals surface area (Å²) in [6.07, 6.45) is 4.85. The van der Waals surface area contributed by atoms with Gasteiger partial charge in [-0.15, -0.1) is 0 Å². The fraction of sp³-hybridized carbons (Fsp3) is 0.361. The Bertz CT molecular complexity index is 1470. The summed E-state index contributed by atoms with van der Waals surface area (Å²) in [4.78, 5) is 43.4. The summed E-state index contributed by atoms with van der Waals surface area (Å²) in [5, 5.41) is 7.04. The zero-order chi connectivity index (χ0) is 30.7. The highest BCUT2D eigenvalue weighted by molar-refractivity contribution is 5.91. The highest BCUT2D eigenvalue weighted by atomic mass is 16.6. The van der Waals surface area contributed by atoms with Crippen molar-refractivity contribution in [2.75, 3.05) is 6.54 Å². The Morgan fingerprint density at radius 3 is 2.12 bits per heavy atom. The first kappa shape index (κ1) is 31.5. The van der Waals surface area contributed by atoms with Crippen LogP contribution in [-0.4, -0.2) is 41.0 Å². The van der Waals surface area contributed by atoms with Crippen LogP contribution in [-0.2, 0) is 38.4 Å². The predicted octanol–water partition coefficient (Wildman–Crippen LogP) is 5.93.